The summed E-state index contributed by atoms with van der Waals surface area (Å²) in [7, 11) is 0. The van der Waals surface area contributed by atoms with E-state index in [2.05, 4.69) is 17.2 Å². The van der Waals surface area contributed by atoms with Crippen molar-refractivity contribution in [3.63, 3.8) is 0 Å². The lowest BCUT2D eigenvalue weighted by molar-refractivity contribution is 0.0656. The molecule has 1 aromatic carbocycles. The molecule has 1 aliphatic rings. The number of hydrogen-bond donors (Lipinski definition) is 1. The third kappa shape index (κ3) is 4.84. The van der Waals surface area contributed by atoms with Crippen LogP contribution in [0.4, 0.5) is 0 Å². The molecule has 1 fully saturated rings. The van der Waals surface area contributed by atoms with E-state index in [9.17, 15) is 4.79 Å². The van der Waals surface area contributed by atoms with Crippen LogP contribution in [0.3, 0.4) is 0 Å². The lowest BCUT2D eigenvalue weighted by Gasteiger charge is -2.34. The average Bonchev–Trinajstić information content (AvgIpc) is 2.56. The molecule has 1 atom stereocenters. The number of pyridine rings is 1. The van der Waals surface area contributed by atoms with Crippen LogP contribution in [0.5, 0.6) is 11.5 Å². The molecule has 2 heterocycles. The number of benzene rings is 1. The van der Waals surface area contributed by atoms with Crippen molar-refractivity contribution in [2.45, 2.75) is 13.0 Å². The van der Waals surface area contributed by atoms with Gasteiger partial charge in [-0.1, -0.05) is 0 Å². The zero-order chi connectivity index (χ0) is 15.4. The van der Waals surface area contributed by atoms with Crippen LogP contribution < -0.4 is 10.1 Å². The highest BCUT2D eigenvalue weighted by Gasteiger charge is 2.23. The van der Waals surface area contributed by atoms with Crippen LogP contribution in [-0.4, -0.2) is 41.5 Å². The number of nitrogens with zero attached hydrogens (tertiary/aromatic N) is 2. The predicted molar refractivity (Wildman–Crippen MR) is 98.6 cm³/mol. The van der Waals surface area contributed by atoms with Gasteiger partial charge in [-0.2, -0.15) is 0 Å². The van der Waals surface area contributed by atoms with Crippen molar-refractivity contribution < 1.29 is 9.53 Å². The van der Waals surface area contributed by atoms with Gasteiger partial charge < -0.3 is 15.0 Å². The molecule has 1 N–H and O–H groups in total. The van der Waals surface area contributed by atoms with Crippen LogP contribution in [0.1, 0.15) is 17.3 Å². The Morgan fingerprint density at radius 2 is 1.96 bits per heavy atom. The first-order chi connectivity index (χ1) is 10.7. The third-order valence-corrected chi connectivity index (χ3v) is 3.73. The number of carbonyl (C=O) groups is 1. The van der Waals surface area contributed by atoms with E-state index in [1.165, 1.54) is 0 Å². The molecular weight excluding hydrogens is 349 g/mol. The van der Waals surface area contributed by atoms with E-state index in [4.69, 9.17) is 4.74 Å². The Balaban J connectivity index is 0.00000144. The number of amides is 1. The van der Waals surface area contributed by atoms with E-state index in [-0.39, 0.29) is 36.8 Å². The van der Waals surface area contributed by atoms with E-state index >= 15 is 0 Å². The molecule has 3 rings (SSSR count). The van der Waals surface area contributed by atoms with Crippen LogP contribution in [-0.2, 0) is 0 Å². The normalized spacial score (nSPS) is 16.5. The Hall–Kier alpha value is -1.82. The van der Waals surface area contributed by atoms with E-state index in [1.54, 1.807) is 12.4 Å². The topological polar surface area (TPSA) is 54.5 Å². The van der Waals surface area contributed by atoms with Crippen LogP contribution >= 0.6 is 24.8 Å². The molecular formula is C17H21Cl2N3O2. The standard InChI is InChI=1S/C17H19N3O2.2ClH/c1-13-11-19-9-10-20(13)17(21)14-4-6-15(7-5-14)22-16-3-2-8-18-12-16;;/h2-8,12-13,19H,9-11H2,1H3;2*1H/t13-;;/m0../s1. The number of rotatable bonds is 3. The molecule has 1 aromatic heterocycles. The first kappa shape index (κ1) is 20.2. The van der Waals surface area contributed by atoms with Gasteiger partial charge in [-0.25, -0.2) is 0 Å². The number of carbonyl (C=O) groups excluding carboxylic acids is 1. The summed E-state index contributed by atoms with van der Waals surface area (Å²) in [5, 5.41) is 3.29. The van der Waals surface area contributed by atoms with Gasteiger partial charge in [0.15, 0.2) is 0 Å². The van der Waals surface area contributed by atoms with Gasteiger partial charge in [-0.05, 0) is 43.3 Å². The third-order valence-electron chi connectivity index (χ3n) is 3.73. The zero-order valence-corrected chi connectivity index (χ0v) is 15.0. The monoisotopic (exact) mass is 369 g/mol. The molecule has 0 unspecified atom stereocenters. The number of aromatic nitrogens is 1. The number of nitrogens with one attached hydrogen (secondary N) is 1. The van der Waals surface area contributed by atoms with Gasteiger partial charge in [0.05, 0.1) is 6.20 Å². The van der Waals surface area contributed by atoms with Crippen molar-refractivity contribution in [3.8, 4) is 11.5 Å². The second-order valence-electron chi connectivity index (χ2n) is 5.37. The van der Waals surface area contributed by atoms with E-state index in [1.807, 2.05) is 41.3 Å². The highest BCUT2D eigenvalue weighted by molar-refractivity contribution is 5.94. The van der Waals surface area contributed by atoms with Crippen molar-refractivity contribution in [2.24, 2.45) is 0 Å². The molecule has 2 aromatic rings. The minimum absolute atomic E-state index is 0. The van der Waals surface area contributed by atoms with Gasteiger partial charge in [0.1, 0.15) is 11.5 Å². The van der Waals surface area contributed by atoms with Crippen LogP contribution in [0.2, 0.25) is 0 Å². The molecule has 7 heteroatoms. The second-order valence-corrected chi connectivity index (χ2v) is 5.37. The molecule has 5 nitrogen and oxygen atoms in total. The highest BCUT2D eigenvalue weighted by atomic mass is 35.5. The van der Waals surface area contributed by atoms with Crippen molar-refractivity contribution in [3.05, 3.63) is 54.4 Å². The second kappa shape index (κ2) is 9.47. The Labute approximate surface area is 154 Å². The molecule has 0 radical (unpaired) electrons. The Bertz CT molecular complexity index is 638. The quantitative estimate of drug-likeness (QED) is 0.902. The zero-order valence-electron chi connectivity index (χ0n) is 13.3. The maximum atomic E-state index is 12.5. The van der Waals surface area contributed by atoms with Crippen molar-refractivity contribution in [2.75, 3.05) is 19.6 Å². The van der Waals surface area contributed by atoms with Gasteiger partial charge in [0.2, 0.25) is 0 Å². The van der Waals surface area contributed by atoms with Gasteiger partial charge in [-0.3, -0.25) is 9.78 Å². The summed E-state index contributed by atoms with van der Waals surface area (Å²) in [6.07, 6.45) is 3.35. The van der Waals surface area contributed by atoms with Crippen molar-refractivity contribution in [1.29, 1.82) is 0 Å². The maximum absolute atomic E-state index is 12.5. The molecule has 1 amide bonds. The lowest BCUT2D eigenvalue weighted by Crippen LogP contribution is -2.52. The fourth-order valence-corrected chi connectivity index (χ4v) is 2.52. The molecule has 0 aliphatic carbocycles. The first-order valence-corrected chi connectivity index (χ1v) is 7.43. The van der Waals surface area contributed by atoms with E-state index in [0.29, 0.717) is 17.1 Å². The first-order valence-electron chi connectivity index (χ1n) is 7.43. The minimum atomic E-state index is 0. The fourth-order valence-electron chi connectivity index (χ4n) is 2.52. The lowest BCUT2D eigenvalue weighted by atomic mass is 10.1. The highest BCUT2D eigenvalue weighted by Crippen LogP contribution is 2.21. The molecule has 1 aliphatic heterocycles. The predicted octanol–water partition coefficient (Wildman–Crippen LogP) is 3.15. The fraction of sp³-hybridized carbons (Fsp3) is 0.294. The molecule has 0 bridgehead atoms. The summed E-state index contributed by atoms with van der Waals surface area (Å²) in [6.45, 7) is 4.49. The Morgan fingerprint density at radius 1 is 1.21 bits per heavy atom. The van der Waals surface area contributed by atoms with Crippen LogP contribution in [0.15, 0.2) is 48.8 Å². The Kier molecular flexibility index (Phi) is 7.98. The molecule has 130 valence electrons. The Morgan fingerprint density at radius 3 is 2.58 bits per heavy atom. The minimum Gasteiger partial charge on any atom is -0.456 e. The van der Waals surface area contributed by atoms with Gasteiger partial charge in [0, 0.05) is 37.4 Å². The summed E-state index contributed by atoms with van der Waals surface area (Å²) in [6, 6.07) is 11.1. The van der Waals surface area contributed by atoms with Crippen molar-refractivity contribution in [1.82, 2.24) is 15.2 Å². The summed E-state index contributed by atoms with van der Waals surface area (Å²) in [5.74, 6) is 1.44. The molecule has 1 saturated heterocycles. The van der Waals surface area contributed by atoms with E-state index < -0.39 is 0 Å². The van der Waals surface area contributed by atoms with Gasteiger partial charge in [-0.15, -0.1) is 24.8 Å². The number of piperazine rings is 1. The summed E-state index contributed by atoms with van der Waals surface area (Å²) < 4.78 is 5.68. The molecule has 0 saturated carbocycles. The largest absolute Gasteiger partial charge is 0.456 e. The van der Waals surface area contributed by atoms with E-state index in [0.717, 1.165) is 19.6 Å². The van der Waals surface area contributed by atoms with Gasteiger partial charge in [0.25, 0.3) is 5.91 Å². The smallest absolute Gasteiger partial charge is 0.254 e. The van der Waals surface area contributed by atoms with Crippen LogP contribution in [0.25, 0.3) is 0 Å². The summed E-state index contributed by atoms with van der Waals surface area (Å²) in [5.41, 5.74) is 0.687. The number of ether oxygens (including phenoxy) is 1. The number of hydrogen-bond acceptors (Lipinski definition) is 4. The molecule has 24 heavy (non-hydrogen) atoms. The van der Waals surface area contributed by atoms with Crippen molar-refractivity contribution >= 4 is 30.7 Å². The number of halogens is 2. The SMILES string of the molecule is C[C@H]1CNCCN1C(=O)c1ccc(Oc2cccnc2)cc1.Cl.Cl. The van der Waals surface area contributed by atoms with Gasteiger partial charge >= 0.3 is 0 Å². The average molecular weight is 370 g/mol. The summed E-state index contributed by atoms with van der Waals surface area (Å²) in [4.78, 5) is 18.4. The summed E-state index contributed by atoms with van der Waals surface area (Å²) >= 11 is 0. The maximum Gasteiger partial charge on any atom is 0.254 e. The van der Waals surface area contributed by atoms with Crippen LogP contribution in [0, 0.1) is 0 Å². The molecule has 0 spiro atoms.